The van der Waals surface area contributed by atoms with Crippen LogP contribution in [-0.4, -0.2) is 11.7 Å². The Morgan fingerprint density at radius 1 is 1.50 bits per heavy atom. The summed E-state index contributed by atoms with van der Waals surface area (Å²) in [5, 5.41) is 0. The molecule has 2 N–H and O–H groups in total. The molecular formula is C10H12BrClN2. The van der Waals surface area contributed by atoms with Crippen LogP contribution in [0.15, 0.2) is 21.6 Å². The fraction of sp³-hybridized carbons (Fsp3) is 0.300. The Kier molecular flexibility index (Phi) is 3.96. The third-order valence-electron chi connectivity index (χ3n) is 1.96. The number of benzene rings is 1. The van der Waals surface area contributed by atoms with Crippen LogP contribution in [0.3, 0.4) is 0 Å². The first-order chi connectivity index (χ1) is 6.56. The van der Waals surface area contributed by atoms with Gasteiger partial charge < -0.3 is 5.73 Å². The second kappa shape index (κ2) is 4.80. The molecule has 1 aromatic carbocycles. The second-order valence-electron chi connectivity index (χ2n) is 3.07. The Bertz CT molecular complexity index is 375. The summed E-state index contributed by atoms with van der Waals surface area (Å²) in [4.78, 5) is 4.27. The van der Waals surface area contributed by atoms with Crippen molar-refractivity contribution >= 4 is 39.1 Å². The van der Waals surface area contributed by atoms with Crippen LogP contribution >= 0.6 is 27.5 Å². The first kappa shape index (κ1) is 11.5. The number of amidine groups is 1. The largest absolute Gasteiger partial charge is 0.386 e. The predicted molar refractivity (Wildman–Crippen MR) is 65.6 cm³/mol. The molecule has 0 fully saturated rings. The highest BCUT2D eigenvalue weighted by Gasteiger charge is 2.04. The summed E-state index contributed by atoms with van der Waals surface area (Å²) in [6.07, 6.45) is 0. The van der Waals surface area contributed by atoms with E-state index in [-0.39, 0.29) is 5.88 Å². The third kappa shape index (κ3) is 2.49. The quantitative estimate of drug-likeness (QED) is 0.502. The Morgan fingerprint density at radius 3 is 2.71 bits per heavy atom. The van der Waals surface area contributed by atoms with Gasteiger partial charge in [-0.25, -0.2) is 4.99 Å². The standard InChI is InChI=1S/C10H12BrClN2/c1-6-3-4-8(11)7(2)10(6)14-9(13)5-12/h3-4H,5H2,1-2H3,(H2,13,14). The van der Waals surface area contributed by atoms with Gasteiger partial charge in [-0.3, -0.25) is 0 Å². The molecule has 0 radical (unpaired) electrons. The maximum Gasteiger partial charge on any atom is 0.115 e. The van der Waals surface area contributed by atoms with Crippen molar-refractivity contribution in [1.29, 1.82) is 0 Å². The predicted octanol–water partition coefficient (Wildman–Crippen LogP) is 3.29. The van der Waals surface area contributed by atoms with Crippen molar-refractivity contribution in [2.45, 2.75) is 13.8 Å². The Hall–Kier alpha value is -0.540. The number of hydrogen-bond acceptors (Lipinski definition) is 1. The monoisotopic (exact) mass is 274 g/mol. The lowest BCUT2D eigenvalue weighted by Crippen LogP contribution is -2.12. The van der Waals surface area contributed by atoms with Gasteiger partial charge in [0.2, 0.25) is 0 Å². The number of aliphatic imine (C=N–C) groups is 1. The van der Waals surface area contributed by atoms with Crippen molar-refractivity contribution in [2.75, 3.05) is 5.88 Å². The molecule has 0 unspecified atom stereocenters. The van der Waals surface area contributed by atoms with Crippen molar-refractivity contribution in [2.24, 2.45) is 10.7 Å². The van der Waals surface area contributed by atoms with E-state index >= 15 is 0 Å². The van der Waals surface area contributed by atoms with E-state index < -0.39 is 0 Å². The van der Waals surface area contributed by atoms with Gasteiger partial charge in [0.25, 0.3) is 0 Å². The molecule has 0 atom stereocenters. The minimum atomic E-state index is 0.255. The van der Waals surface area contributed by atoms with E-state index in [9.17, 15) is 0 Å². The fourth-order valence-corrected chi connectivity index (χ4v) is 1.54. The van der Waals surface area contributed by atoms with E-state index in [0.29, 0.717) is 5.84 Å². The minimum absolute atomic E-state index is 0.255. The van der Waals surface area contributed by atoms with Crippen molar-refractivity contribution in [3.8, 4) is 0 Å². The number of halogens is 2. The van der Waals surface area contributed by atoms with Crippen molar-refractivity contribution < 1.29 is 0 Å². The van der Waals surface area contributed by atoms with Crippen LogP contribution in [0.1, 0.15) is 11.1 Å². The van der Waals surface area contributed by atoms with Crippen molar-refractivity contribution in [3.05, 3.63) is 27.7 Å². The Balaban J connectivity index is 3.26. The lowest BCUT2D eigenvalue weighted by molar-refractivity contribution is 1.30. The van der Waals surface area contributed by atoms with Gasteiger partial charge in [0.15, 0.2) is 0 Å². The molecule has 14 heavy (non-hydrogen) atoms. The molecule has 0 aliphatic heterocycles. The second-order valence-corrected chi connectivity index (χ2v) is 4.20. The number of alkyl halides is 1. The van der Waals surface area contributed by atoms with Crippen LogP contribution in [0, 0.1) is 13.8 Å². The lowest BCUT2D eigenvalue weighted by Gasteiger charge is -2.07. The molecule has 0 heterocycles. The van der Waals surface area contributed by atoms with Gasteiger partial charge in [0, 0.05) is 4.47 Å². The van der Waals surface area contributed by atoms with Crippen LogP contribution in [-0.2, 0) is 0 Å². The first-order valence-corrected chi connectivity index (χ1v) is 5.53. The Morgan fingerprint density at radius 2 is 2.14 bits per heavy atom. The van der Waals surface area contributed by atoms with Crippen LogP contribution < -0.4 is 5.73 Å². The van der Waals surface area contributed by atoms with E-state index in [2.05, 4.69) is 20.9 Å². The summed E-state index contributed by atoms with van der Waals surface area (Å²) in [6.45, 7) is 4.00. The molecule has 0 amide bonds. The molecule has 1 aromatic rings. The number of nitrogens with zero attached hydrogens (tertiary/aromatic N) is 1. The average molecular weight is 276 g/mol. The molecule has 76 valence electrons. The molecule has 2 nitrogen and oxygen atoms in total. The number of aryl methyl sites for hydroxylation is 1. The first-order valence-electron chi connectivity index (χ1n) is 4.21. The van der Waals surface area contributed by atoms with Gasteiger partial charge in [-0.1, -0.05) is 22.0 Å². The zero-order valence-electron chi connectivity index (χ0n) is 8.14. The molecular weight excluding hydrogens is 263 g/mol. The zero-order chi connectivity index (χ0) is 10.7. The topological polar surface area (TPSA) is 38.4 Å². The van der Waals surface area contributed by atoms with E-state index in [4.69, 9.17) is 17.3 Å². The van der Waals surface area contributed by atoms with Gasteiger partial charge in [-0.05, 0) is 31.0 Å². The normalized spacial score (nSPS) is 11.9. The maximum absolute atomic E-state index is 5.60. The molecule has 0 aliphatic rings. The average Bonchev–Trinajstić information content (AvgIpc) is 2.18. The summed E-state index contributed by atoms with van der Waals surface area (Å²) >= 11 is 9.03. The molecule has 0 aromatic heterocycles. The summed E-state index contributed by atoms with van der Waals surface area (Å²) in [5.74, 6) is 0.696. The van der Waals surface area contributed by atoms with Gasteiger partial charge in [-0.2, -0.15) is 0 Å². The number of rotatable bonds is 2. The van der Waals surface area contributed by atoms with Gasteiger partial charge in [0.05, 0.1) is 11.6 Å². The zero-order valence-corrected chi connectivity index (χ0v) is 10.5. The number of nitrogens with two attached hydrogens (primary N) is 1. The van der Waals surface area contributed by atoms with E-state index in [0.717, 1.165) is 21.3 Å². The van der Waals surface area contributed by atoms with Crippen LogP contribution in [0.5, 0.6) is 0 Å². The molecule has 0 saturated heterocycles. The highest BCUT2D eigenvalue weighted by atomic mass is 79.9. The smallest absolute Gasteiger partial charge is 0.115 e. The highest BCUT2D eigenvalue weighted by molar-refractivity contribution is 9.10. The van der Waals surface area contributed by atoms with Gasteiger partial charge in [-0.15, -0.1) is 11.6 Å². The van der Waals surface area contributed by atoms with Crippen LogP contribution in [0.4, 0.5) is 5.69 Å². The maximum atomic E-state index is 5.60. The summed E-state index contributed by atoms with van der Waals surface area (Å²) in [5.41, 5.74) is 8.67. The summed E-state index contributed by atoms with van der Waals surface area (Å²) in [6, 6.07) is 4.00. The van der Waals surface area contributed by atoms with Crippen molar-refractivity contribution in [3.63, 3.8) is 0 Å². The summed E-state index contributed by atoms with van der Waals surface area (Å²) in [7, 11) is 0. The third-order valence-corrected chi connectivity index (χ3v) is 3.09. The minimum Gasteiger partial charge on any atom is -0.386 e. The molecule has 0 spiro atoms. The van der Waals surface area contributed by atoms with E-state index in [1.165, 1.54) is 0 Å². The molecule has 0 bridgehead atoms. The fourth-order valence-electron chi connectivity index (χ4n) is 1.16. The summed E-state index contributed by atoms with van der Waals surface area (Å²) < 4.78 is 1.03. The number of hydrogen-bond donors (Lipinski definition) is 1. The van der Waals surface area contributed by atoms with Gasteiger partial charge in [0.1, 0.15) is 5.84 Å². The van der Waals surface area contributed by atoms with E-state index in [1.807, 2.05) is 26.0 Å². The molecule has 1 rings (SSSR count). The molecule has 0 saturated carbocycles. The van der Waals surface area contributed by atoms with Crippen molar-refractivity contribution in [1.82, 2.24) is 0 Å². The molecule has 4 heteroatoms. The van der Waals surface area contributed by atoms with E-state index in [1.54, 1.807) is 0 Å². The van der Waals surface area contributed by atoms with Crippen LogP contribution in [0.25, 0.3) is 0 Å². The molecule has 0 aliphatic carbocycles. The SMILES string of the molecule is Cc1ccc(Br)c(C)c1N=C(N)CCl. The van der Waals surface area contributed by atoms with Crippen LogP contribution in [0.2, 0.25) is 0 Å². The highest BCUT2D eigenvalue weighted by Crippen LogP contribution is 2.29. The Labute approximate surface area is 97.3 Å². The lowest BCUT2D eigenvalue weighted by atomic mass is 10.1. The van der Waals surface area contributed by atoms with Gasteiger partial charge >= 0.3 is 0 Å².